The quantitative estimate of drug-likeness (QED) is 0.450. The third kappa shape index (κ3) is 5.34. The number of carbonyl (C=O) groups excluding carboxylic acids is 2. The molecule has 0 spiro atoms. The lowest BCUT2D eigenvalue weighted by atomic mass is 9.99. The maximum atomic E-state index is 13.5. The maximum absolute atomic E-state index is 13.5. The van der Waals surface area contributed by atoms with Gasteiger partial charge in [0.25, 0.3) is 5.91 Å². The van der Waals surface area contributed by atoms with Crippen LogP contribution in [0.1, 0.15) is 35.6 Å². The molecule has 5 rings (SSSR count). The highest BCUT2D eigenvalue weighted by Crippen LogP contribution is 2.39. The Labute approximate surface area is 217 Å². The van der Waals surface area contributed by atoms with Crippen LogP contribution in [-0.4, -0.2) is 33.0 Å². The van der Waals surface area contributed by atoms with Crippen molar-refractivity contribution >= 4 is 51.7 Å². The Morgan fingerprint density at radius 2 is 1.78 bits per heavy atom. The van der Waals surface area contributed by atoms with Crippen LogP contribution in [0.5, 0.6) is 0 Å². The number of anilines is 1. The molecule has 3 aromatic carbocycles. The van der Waals surface area contributed by atoms with E-state index in [2.05, 4.69) is 10.3 Å². The first-order chi connectivity index (χ1) is 17.4. The van der Waals surface area contributed by atoms with Crippen LogP contribution in [0.25, 0.3) is 0 Å². The van der Waals surface area contributed by atoms with Crippen LogP contribution in [0.4, 0.5) is 10.1 Å². The largest absolute Gasteiger partial charge is 0.326 e. The molecule has 9 heteroatoms. The van der Waals surface area contributed by atoms with Crippen LogP contribution in [-0.2, 0) is 9.59 Å². The van der Waals surface area contributed by atoms with Crippen molar-refractivity contribution in [2.75, 3.05) is 5.32 Å². The van der Waals surface area contributed by atoms with Gasteiger partial charge in [-0.05, 0) is 54.4 Å². The summed E-state index contributed by atoms with van der Waals surface area (Å²) in [6.07, 6.45) is 0.540. The molecular weight excluding hydrogens is 499 g/mol. The van der Waals surface area contributed by atoms with Gasteiger partial charge < -0.3 is 5.32 Å². The van der Waals surface area contributed by atoms with Crippen LogP contribution in [0.2, 0.25) is 5.02 Å². The van der Waals surface area contributed by atoms with E-state index in [0.717, 1.165) is 22.4 Å². The molecule has 36 heavy (non-hydrogen) atoms. The molecule has 0 unspecified atom stereocenters. The van der Waals surface area contributed by atoms with E-state index in [1.54, 1.807) is 29.3 Å². The van der Waals surface area contributed by atoms with E-state index in [-0.39, 0.29) is 30.1 Å². The summed E-state index contributed by atoms with van der Waals surface area (Å²) in [7, 11) is 0. The summed E-state index contributed by atoms with van der Waals surface area (Å²) in [6.45, 7) is 1.97. The van der Waals surface area contributed by atoms with Gasteiger partial charge in [-0.1, -0.05) is 65.3 Å². The summed E-state index contributed by atoms with van der Waals surface area (Å²) in [5, 5.41) is 9.74. The molecule has 3 aromatic rings. The maximum Gasteiger partial charge on any atom is 0.262 e. The fourth-order valence-electron chi connectivity index (χ4n) is 4.07. The molecule has 2 aliphatic rings. The Balaban J connectivity index is 1.35. The fraction of sp³-hybridized carbons (Fsp3) is 0.185. The number of rotatable bonds is 5. The molecule has 0 fully saturated rings. The smallest absolute Gasteiger partial charge is 0.262 e. The number of carbonyl (C=O) groups is 2. The molecule has 0 aliphatic carbocycles. The van der Waals surface area contributed by atoms with E-state index in [4.69, 9.17) is 16.7 Å². The molecule has 0 aromatic heterocycles. The average Bonchev–Trinajstić information content (AvgIpc) is 3.45. The van der Waals surface area contributed by atoms with Crippen molar-refractivity contribution in [3.8, 4) is 0 Å². The molecule has 2 atom stereocenters. The minimum Gasteiger partial charge on any atom is -0.326 e. The van der Waals surface area contributed by atoms with Gasteiger partial charge in [-0.2, -0.15) is 10.1 Å². The molecule has 0 bridgehead atoms. The number of hydrogen-bond donors (Lipinski definition) is 1. The Morgan fingerprint density at radius 3 is 2.47 bits per heavy atom. The third-order valence-electron chi connectivity index (χ3n) is 5.97. The van der Waals surface area contributed by atoms with E-state index in [0.29, 0.717) is 22.3 Å². The monoisotopic (exact) mass is 520 g/mol. The molecule has 6 nitrogen and oxygen atoms in total. The zero-order valence-corrected chi connectivity index (χ0v) is 20.9. The predicted molar refractivity (Wildman–Crippen MR) is 142 cm³/mol. The minimum absolute atomic E-state index is 0.00163. The molecule has 182 valence electrons. The van der Waals surface area contributed by atoms with Gasteiger partial charge in [0.05, 0.1) is 11.8 Å². The number of thioether (sulfide) groups is 1. The first-order valence-electron chi connectivity index (χ1n) is 11.4. The first kappa shape index (κ1) is 24.2. The van der Waals surface area contributed by atoms with Gasteiger partial charge in [-0.3, -0.25) is 9.59 Å². The number of amidine groups is 1. The van der Waals surface area contributed by atoms with E-state index in [9.17, 15) is 14.0 Å². The van der Waals surface area contributed by atoms with Crippen LogP contribution in [0.15, 0.2) is 82.9 Å². The zero-order chi connectivity index (χ0) is 25.2. The summed E-state index contributed by atoms with van der Waals surface area (Å²) < 4.78 is 13.5. The second kappa shape index (κ2) is 10.2. The molecule has 1 N–H and O–H groups in total. The van der Waals surface area contributed by atoms with Crippen LogP contribution in [0, 0.1) is 12.7 Å². The van der Waals surface area contributed by atoms with Gasteiger partial charge in [0.15, 0.2) is 5.17 Å². The van der Waals surface area contributed by atoms with E-state index >= 15 is 0 Å². The van der Waals surface area contributed by atoms with Crippen molar-refractivity contribution in [3.63, 3.8) is 0 Å². The second-order valence-electron chi connectivity index (χ2n) is 8.63. The summed E-state index contributed by atoms with van der Waals surface area (Å²) in [4.78, 5) is 29.6. The highest BCUT2D eigenvalue weighted by Gasteiger charge is 2.39. The van der Waals surface area contributed by atoms with Crippen molar-refractivity contribution in [2.45, 2.75) is 31.1 Å². The highest BCUT2D eigenvalue weighted by atomic mass is 35.5. The van der Waals surface area contributed by atoms with Crippen LogP contribution >= 0.6 is 23.4 Å². The number of aryl methyl sites for hydroxylation is 1. The molecular formula is C27H22ClFN4O2S. The zero-order valence-electron chi connectivity index (χ0n) is 19.3. The minimum atomic E-state index is -0.638. The van der Waals surface area contributed by atoms with Crippen molar-refractivity contribution in [1.29, 1.82) is 0 Å². The average molecular weight is 521 g/mol. The highest BCUT2D eigenvalue weighted by molar-refractivity contribution is 8.15. The number of amides is 2. The lowest BCUT2D eigenvalue weighted by molar-refractivity contribution is -0.121. The molecule has 0 radical (unpaired) electrons. The van der Waals surface area contributed by atoms with Gasteiger partial charge in [0.1, 0.15) is 11.1 Å². The lowest BCUT2D eigenvalue weighted by Crippen LogP contribution is -2.25. The normalized spacial score (nSPS) is 19.3. The van der Waals surface area contributed by atoms with Crippen molar-refractivity contribution in [1.82, 2.24) is 5.01 Å². The SMILES string of the molecule is Cc1ccc(NC(=O)C[C@H]2SC(N3N=C(c4ccc(F)cc4)C[C@H]3c3ccc(Cl)cc3)=NC2=O)cc1. The Bertz CT molecular complexity index is 1360. The lowest BCUT2D eigenvalue weighted by Gasteiger charge is -2.23. The third-order valence-corrected chi connectivity index (χ3v) is 7.37. The Hall–Kier alpha value is -3.49. The Morgan fingerprint density at radius 1 is 1.08 bits per heavy atom. The van der Waals surface area contributed by atoms with Crippen molar-refractivity contribution < 1.29 is 14.0 Å². The van der Waals surface area contributed by atoms with Crippen LogP contribution < -0.4 is 5.32 Å². The number of nitrogens with one attached hydrogen (secondary N) is 1. The summed E-state index contributed by atoms with van der Waals surface area (Å²) >= 11 is 7.32. The van der Waals surface area contributed by atoms with Crippen LogP contribution in [0.3, 0.4) is 0 Å². The van der Waals surface area contributed by atoms with Gasteiger partial charge in [0.2, 0.25) is 5.91 Å². The van der Waals surface area contributed by atoms with E-state index in [1.165, 1.54) is 23.9 Å². The predicted octanol–water partition coefficient (Wildman–Crippen LogP) is 5.97. The number of hydrazone groups is 1. The molecule has 0 saturated carbocycles. The summed E-state index contributed by atoms with van der Waals surface area (Å²) in [5.74, 6) is -0.946. The topological polar surface area (TPSA) is 74.1 Å². The van der Waals surface area contributed by atoms with E-state index < -0.39 is 5.25 Å². The Kier molecular flexibility index (Phi) is 6.89. The van der Waals surface area contributed by atoms with Gasteiger partial charge in [0, 0.05) is 23.6 Å². The number of nitrogens with zero attached hydrogens (tertiary/aromatic N) is 3. The van der Waals surface area contributed by atoms with E-state index in [1.807, 2.05) is 43.3 Å². The molecule has 2 aliphatic heterocycles. The van der Waals surface area contributed by atoms with Crippen molar-refractivity contribution in [2.24, 2.45) is 10.1 Å². The second-order valence-corrected chi connectivity index (χ2v) is 10.2. The molecule has 2 heterocycles. The molecule has 2 amide bonds. The first-order valence-corrected chi connectivity index (χ1v) is 12.7. The number of aliphatic imine (C=N–C) groups is 1. The number of halogens is 2. The van der Waals surface area contributed by atoms with Crippen molar-refractivity contribution in [3.05, 3.63) is 100 Å². The number of hydrogen-bond acceptors (Lipinski definition) is 5. The summed E-state index contributed by atoms with van der Waals surface area (Å²) in [6, 6.07) is 20.8. The standard InChI is InChI=1S/C27H22ClFN4O2S/c1-16-2-12-21(13-3-16)30-25(34)15-24-26(35)31-27(36-24)33-23(18-4-8-19(28)9-5-18)14-22(32-33)17-6-10-20(29)11-7-17/h2-13,23-24H,14-15H2,1H3,(H,30,34)/t23-,24+/m0/s1. The van der Waals surface area contributed by atoms with Gasteiger partial charge >= 0.3 is 0 Å². The number of benzene rings is 3. The fourth-order valence-corrected chi connectivity index (χ4v) is 5.26. The van der Waals surface area contributed by atoms with Gasteiger partial charge in [-0.15, -0.1) is 0 Å². The molecule has 0 saturated heterocycles. The van der Waals surface area contributed by atoms with Gasteiger partial charge in [-0.25, -0.2) is 9.40 Å². The summed E-state index contributed by atoms with van der Waals surface area (Å²) in [5.41, 5.74) is 4.27.